The molecule has 3 heterocycles. The van der Waals surface area contributed by atoms with Crippen LogP contribution in [0.3, 0.4) is 0 Å². The van der Waals surface area contributed by atoms with Crippen molar-refractivity contribution in [2.24, 2.45) is 0 Å². The lowest BCUT2D eigenvalue weighted by Crippen LogP contribution is -1.99. The summed E-state index contributed by atoms with van der Waals surface area (Å²) in [5, 5.41) is 14.4. The minimum absolute atomic E-state index is 0.560. The molecule has 0 amide bonds. The number of rotatable bonds is 2. The van der Waals surface area contributed by atoms with Gasteiger partial charge in [0.05, 0.1) is 22.9 Å². The number of benzene rings is 2. The zero-order valence-electron chi connectivity index (χ0n) is 14.7. The number of imidazole rings is 1. The van der Waals surface area contributed by atoms with E-state index in [1.165, 1.54) is 0 Å². The number of fused-ring (bicyclic) bond motifs is 3. The Kier molecular flexibility index (Phi) is 3.31. The monoisotopic (exact) mass is 349 g/mol. The molecule has 5 rings (SSSR count). The first kappa shape index (κ1) is 15.4. The molecule has 0 bridgehead atoms. The van der Waals surface area contributed by atoms with Crippen molar-refractivity contribution >= 4 is 16.7 Å². The van der Waals surface area contributed by atoms with Gasteiger partial charge >= 0.3 is 0 Å². The second-order valence-electron chi connectivity index (χ2n) is 6.40. The number of nitriles is 1. The molecule has 27 heavy (non-hydrogen) atoms. The minimum Gasteiger partial charge on any atom is -0.299 e. The molecule has 0 spiro atoms. The van der Waals surface area contributed by atoms with Crippen LogP contribution in [0.2, 0.25) is 0 Å². The lowest BCUT2D eigenvalue weighted by Gasteiger charge is -2.07. The highest BCUT2D eigenvalue weighted by atomic mass is 15.3. The smallest absolute Gasteiger partial charge is 0.156 e. The zero-order valence-corrected chi connectivity index (χ0v) is 14.7. The summed E-state index contributed by atoms with van der Waals surface area (Å²) in [5.74, 6) is 0. The summed E-state index contributed by atoms with van der Waals surface area (Å²) in [4.78, 5) is 4.68. The molecule has 5 heteroatoms. The third-order valence-corrected chi connectivity index (χ3v) is 4.89. The maximum atomic E-state index is 9.89. The van der Waals surface area contributed by atoms with Crippen LogP contribution in [-0.4, -0.2) is 19.2 Å². The van der Waals surface area contributed by atoms with E-state index in [2.05, 4.69) is 16.2 Å². The average Bonchev–Trinajstić information content (AvgIpc) is 3.28. The van der Waals surface area contributed by atoms with Crippen molar-refractivity contribution < 1.29 is 0 Å². The second-order valence-corrected chi connectivity index (χ2v) is 6.40. The molecule has 128 valence electrons. The maximum absolute atomic E-state index is 9.89. The van der Waals surface area contributed by atoms with Gasteiger partial charge in [-0.05, 0) is 37.3 Å². The lowest BCUT2D eigenvalue weighted by molar-refractivity contribution is 0.847. The molecule has 0 aliphatic heterocycles. The largest absolute Gasteiger partial charge is 0.299 e. The molecular weight excluding hydrogens is 334 g/mol. The van der Waals surface area contributed by atoms with Gasteiger partial charge in [0.25, 0.3) is 0 Å². The fourth-order valence-corrected chi connectivity index (χ4v) is 3.56. The Hall–Kier alpha value is -3.91. The summed E-state index contributed by atoms with van der Waals surface area (Å²) in [7, 11) is 0. The van der Waals surface area contributed by atoms with Crippen LogP contribution >= 0.6 is 0 Å². The second kappa shape index (κ2) is 5.82. The molecule has 0 aliphatic rings. The summed E-state index contributed by atoms with van der Waals surface area (Å²) in [6, 6.07) is 22.2. The Morgan fingerprint density at radius 1 is 0.926 bits per heavy atom. The first-order valence-corrected chi connectivity index (χ1v) is 8.68. The van der Waals surface area contributed by atoms with Crippen LogP contribution < -0.4 is 0 Å². The quantitative estimate of drug-likeness (QED) is 0.471. The molecule has 5 nitrogen and oxygen atoms in total. The van der Waals surface area contributed by atoms with E-state index in [0.717, 1.165) is 33.5 Å². The van der Waals surface area contributed by atoms with Crippen molar-refractivity contribution in [3.63, 3.8) is 0 Å². The SMILES string of the molecule is Cc1c(-c2ccn3c(nc4ccccc43)c2C#N)cnn1-c1ccccc1. The first-order chi connectivity index (χ1) is 13.3. The number of para-hydroxylation sites is 3. The highest BCUT2D eigenvalue weighted by Crippen LogP contribution is 2.31. The molecule has 0 aliphatic carbocycles. The number of nitrogens with zero attached hydrogens (tertiary/aromatic N) is 5. The van der Waals surface area contributed by atoms with E-state index in [1.807, 2.05) is 89.1 Å². The Balaban J connectivity index is 1.76. The molecule has 0 fully saturated rings. The van der Waals surface area contributed by atoms with Crippen LogP contribution in [0.15, 0.2) is 73.1 Å². The summed E-state index contributed by atoms with van der Waals surface area (Å²) in [6.45, 7) is 2.02. The van der Waals surface area contributed by atoms with Gasteiger partial charge in [-0.25, -0.2) is 9.67 Å². The third-order valence-electron chi connectivity index (χ3n) is 4.89. The van der Waals surface area contributed by atoms with Gasteiger partial charge in [-0.15, -0.1) is 0 Å². The third kappa shape index (κ3) is 2.24. The maximum Gasteiger partial charge on any atom is 0.156 e. The minimum atomic E-state index is 0.560. The van der Waals surface area contributed by atoms with Crippen LogP contribution in [0.4, 0.5) is 0 Å². The fraction of sp³-hybridized carbons (Fsp3) is 0.0455. The van der Waals surface area contributed by atoms with Gasteiger partial charge in [-0.1, -0.05) is 30.3 Å². The summed E-state index contributed by atoms with van der Waals surface area (Å²) < 4.78 is 3.86. The molecule has 0 unspecified atom stereocenters. The Bertz CT molecular complexity index is 1340. The molecule has 0 radical (unpaired) electrons. The van der Waals surface area contributed by atoms with Crippen molar-refractivity contribution in [3.05, 3.63) is 84.3 Å². The Morgan fingerprint density at radius 3 is 2.52 bits per heavy atom. The summed E-state index contributed by atoms with van der Waals surface area (Å²) in [5.41, 5.74) is 6.86. The highest BCUT2D eigenvalue weighted by Gasteiger charge is 2.17. The van der Waals surface area contributed by atoms with E-state index in [-0.39, 0.29) is 0 Å². The van der Waals surface area contributed by atoms with Crippen LogP contribution in [0.1, 0.15) is 11.3 Å². The Morgan fingerprint density at radius 2 is 1.70 bits per heavy atom. The Labute approximate surface area is 155 Å². The predicted molar refractivity (Wildman–Crippen MR) is 105 cm³/mol. The average molecular weight is 349 g/mol. The molecule has 0 atom stereocenters. The molecular formula is C22H15N5. The number of hydrogen-bond donors (Lipinski definition) is 0. The van der Waals surface area contributed by atoms with Crippen LogP contribution in [0.25, 0.3) is 33.5 Å². The molecule has 2 aromatic carbocycles. The highest BCUT2D eigenvalue weighted by molar-refractivity contribution is 5.86. The van der Waals surface area contributed by atoms with E-state index in [0.29, 0.717) is 11.2 Å². The molecule has 3 aromatic heterocycles. The number of aromatic nitrogens is 4. The topological polar surface area (TPSA) is 58.9 Å². The van der Waals surface area contributed by atoms with Gasteiger partial charge < -0.3 is 0 Å². The van der Waals surface area contributed by atoms with Crippen molar-refractivity contribution in [3.8, 4) is 22.9 Å². The lowest BCUT2D eigenvalue weighted by atomic mass is 10.0. The number of hydrogen-bond acceptors (Lipinski definition) is 3. The number of pyridine rings is 1. The van der Waals surface area contributed by atoms with Gasteiger partial charge in [-0.3, -0.25) is 4.40 Å². The van der Waals surface area contributed by atoms with E-state index in [1.54, 1.807) is 0 Å². The molecule has 0 N–H and O–H groups in total. The van der Waals surface area contributed by atoms with Crippen molar-refractivity contribution in [2.75, 3.05) is 0 Å². The van der Waals surface area contributed by atoms with E-state index in [4.69, 9.17) is 0 Å². The zero-order chi connectivity index (χ0) is 18.4. The van der Waals surface area contributed by atoms with Crippen LogP contribution in [-0.2, 0) is 0 Å². The molecule has 0 saturated carbocycles. The van der Waals surface area contributed by atoms with E-state index in [9.17, 15) is 5.26 Å². The van der Waals surface area contributed by atoms with Gasteiger partial charge in [-0.2, -0.15) is 10.4 Å². The van der Waals surface area contributed by atoms with Crippen molar-refractivity contribution in [2.45, 2.75) is 6.92 Å². The van der Waals surface area contributed by atoms with Gasteiger partial charge in [0.1, 0.15) is 11.6 Å². The van der Waals surface area contributed by atoms with Gasteiger partial charge in [0.2, 0.25) is 0 Å². The summed E-state index contributed by atoms with van der Waals surface area (Å²) >= 11 is 0. The van der Waals surface area contributed by atoms with E-state index < -0.39 is 0 Å². The summed E-state index contributed by atoms with van der Waals surface area (Å²) in [6.07, 6.45) is 3.79. The van der Waals surface area contributed by atoms with Crippen LogP contribution in [0, 0.1) is 18.3 Å². The standard InChI is InChI=1S/C22H15N5/c1-15-19(14-24-27(15)16-7-3-2-4-8-16)17-11-12-26-21-10-6-5-9-20(21)25-22(26)18(17)13-23/h2-12,14H,1H3. The van der Waals surface area contributed by atoms with Gasteiger partial charge in [0.15, 0.2) is 5.65 Å². The predicted octanol–water partition coefficient (Wildman–Crippen LogP) is 4.52. The van der Waals surface area contributed by atoms with Gasteiger partial charge in [0, 0.05) is 23.0 Å². The van der Waals surface area contributed by atoms with Crippen LogP contribution in [0.5, 0.6) is 0 Å². The molecule has 5 aromatic rings. The van der Waals surface area contributed by atoms with Crippen molar-refractivity contribution in [1.82, 2.24) is 19.2 Å². The first-order valence-electron chi connectivity index (χ1n) is 8.68. The van der Waals surface area contributed by atoms with Crippen molar-refractivity contribution in [1.29, 1.82) is 5.26 Å². The molecule has 0 saturated heterocycles. The van der Waals surface area contributed by atoms with E-state index >= 15 is 0 Å². The fourth-order valence-electron chi connectivity index (χ4n) is 3.56. The normalized spacial score (nSPS) is 11.1.